The van der Waals surface area contributed by atoms with E-state index in [2.05, 4.69) is 11.0 Å². The van der Waals surface area contributed by atoms with Gasteiger partial charge in [0.2, 0.25) is 0 Å². The Bertz CT molecular complexity index is 358. The van der Waals surface area contributed by atoms with Gasteiger partial charge in [0.25, 0.3) is 0 Å². The highest BCUT2D eigenvalue weighted by Crippen LogP contribution is 2.20. The van der Waals surface area contributed by atoms with Gasteiger partial charge in [-0.05, 0) is 11.6 Å². The number of nitrogen functional groups attached to an aromatic ring is 1. The molecule has 0 bridgehead atoms. The summed E-state index contributed by atoms with van der Waals surface area (Å²) in [6.07, 6.45) is 0.315. The van der Waals surface area contributed by atoms with Gasteiger partial charge < -0.3 is 15.2 Å². The van der Waals surface area contributed by atoms with E-state index in [1.165, 1.54) is 5.56 Å². The second kappa shape index (κ2) is 5.49. The van der Waals surface area contributed by atoms with Gasteiger partial charge in [-0.3, -0.25) is 4.90 Å². The molecule has 1 aliphatic rings. The van der Waals surface area contributed by atoms with E-state index < -0.39 is 0 Å². The summed E-state index contributed by atoms with van der Waals surface area (Å²) in [6.45, 7) is 2.64. The Balaban J connectivity index is 1.99. The monoisotopic (exact) mass is 236 g/mol. The van der Waals surface area contributed by atoms with Crippen LogP contribution in [0.4, 0.5) is 5.69 Å². The maximum Gasteiger partial charge on any atom is 0.0971 e. The maximum atomic E-state index is 5.94. The Kier molecular flexibility index (Phi) is 3.99. The summed E-state index contributed by atoms with van der Waals surface area (Å²) in [6, 6.07) is 7.98. The highest BCUT2D eigenvalue weighted by Gasteiger charge is 2.32. The Morgan fingerprint density at radius 1 is 1.18 bits per heavy atom. The van der Waals surface area contributed by atoms with E-state index in [1.54, 1.807) is 14.2 Å². The predicted octanol–water partition coefficient (Wildman–Crippen LogP) is 1.11. The molecule has 2 rings (SSSR count). The summed E-state index contributed by atoms with van der Waals surface area (Å²) in [4.78, 5) is 2.31. The Labute approximate surface area is 102 Å². The van der Waals surface area contributed by atoms with Crippen molar-refractivity contribution in [3.63, 3.8) is 0 Å². The van der Waals surface area contributed by atoms with Crippen LogP contribution in [-0.2, 0) is 16.0 Å². The number of nitrogens with two attached hydrogens (primary N) is 1. The fraction of sp³-hybridized carbons (Fsp3) is 0.538. The first-order valence-electron chi connectivity index (χ1n) is 5.86. The molecule has 1 aromatic carbocycles. The molecule has 0 amide bonds. The molecule has 94 valence electrons. The zero-order valence-electron chi connectivity index (χ0n) is 10.4. The molecule has 0 radical (unpaired) electrons. The standard InChI is InChI=1S/C13H20N2O2/c1-16-12-8-15(9-13(12)17-2)7-10-5-3-4-6-11(10)14/h3-6,12-13H,7-9,14H2,1-2H3. The zero-order valence-corrected chi connectivity index (χ0v) is 10.4. The van der Waals surface area contributed by atoms with E-state index in [0.717, 1.165) is 25.3 Å². The van der Waals surface area contributed by atoms with Crippen molar-refractivity contribution < 1.29 is 9.47 Å². The molecule has 0 spiro atoms. The first-order valence-corrected chi connectivity index (χ1v) is 5.86. The van der Waals surface area contributed by atoms with E-state index >= 15 is 0 Å². The Morgan fingerprint density at radius 2 is 1.76 bits per heavy atom. The van der Waals surface area contributed by atoms with Crippen molar-refractivity contribution in [3.05, 3.63) is 29.8 Å². The fourth-order valence-corrected chi connectivity index (χ4v) is 2.32. The van der Waals surface area contributed by atoms with E-state index in [9.17, 15) is 0 Å². The van der Waals surface area contributed by atoms with E-state index in [1.807, 2.05) is 18.2 Å². The maximum absolute atomic E-state index is 5.94. The number of hydrogen-bond donors (Lipinski definition) is 1. The average Bonchev–Trinajstić information content (AvgIpc) is 2.74. The lowest BCUT2D eigenvalue weighted by atomic mass is 10.2. The highest BCUT2D eigenvalue weighted by molar-refractivity contribution is 5.46. The third-order valence-corrected chi connectivity index (χ3v) is 3.35. The Hall–Kier alpha value is -1.10. The quantitative estimate of drug-likeness (QED) is 0.796. The molecular weight excluding hydrogens is 216 g/mol. The number of hydrogen-bond acceptors (Lipinski definition) is 4. The van der Waals surface area contributed by atoms with Crippen LogP contribution >= 0.6 is 0 Å². The van der Waals surface area contributed by atoms with Crippen LogP contribution < -0.4 is 5.73 Å². The van der Waals surface area contributed by atoms with Crippen molar-refractivity contribution in [1.29, 1.82) is 0 Å². The van der Waals surface area contributed by atoms with E-state index in [4.69, 9.17) is 15.2 Å². The normalized spacial score (nSPS) is 25.3. The molecular formula is C13H20N2O2. The van der Waals surface area contributed by atoms with Gasteiger partial charge in [0.15, 0.2) is 0 Å². The van der Waals surface area contributed by atoms with Gasteiger partial charge in [-0.15, -0.1) is 0 Å². The van der Waals surface area contributed by atoms with Crippen molar-refractivity contribution in [2.45, 2.75) is 18.8 Å². The van der Waals surface area contributed by atoms with Crippen LogP contribution in [0.15, 0.2) is 24.3 Å². The second-order valence-corrected chi connectivity index (χ2v) is 4.44. The minimum atomic E-state index is 0.157. The smallest absolute Gasteiger partial charge is 0.0971 e. The molecule has 0 aromatic heterocycles. The third-order valence-electron chi connectivity index (χ3n) is 3.35. The van der Waals surface area contributed by atoms with Gasteiger partial charge in [0, 0.05) is 39.5 Å². The van der Waals surface area contributed by atoms with Crippen LogP contribution in [0.5, 0.6) is 0 Å². The number of methoxy groups -OCH3 is 2. The lowest BCUT2D eigenvalue weighted by Gasteiger charge is -2.16. The summed E-state index contributed by atoms with van der Waals surface area (Å²) in [5.74, 6) is 0. The zero-order chi connectivity index (χ0) is 12.3. The van der Waals surface area contributed by atoms with Crippen molar-refractivity contribution in [2.24, 2.45) is 0 Å². The molecule has 1 fully saturated rings. The number of nitrogens with zero attached hydrogens (tertiary/aromatic N) is 1. The van der Waals surface area contributed by atoms with Gasteiger partial charge in [-0.1, -0.05) is 18.2 Å². The fourth-order valence-electron chi connectivity index (χ4n) is 2.32. The molecule has 1 saturated heterocycles. The van der Waals surface area contributed by atoms with Gasteiger partial charge in [0.05, 0.1) is 12.2 Å². The molecule has 2 unspecified atom stereocenters. The summed E-state index contributed by atoms with van der Waals surface area (Å²) >= 11 is 0. The lowest BCUT2D eigenvalue weighted by molar-refractivity contribution is -0.00461. The van der Waals surface area contributed by atoms with Gasteiger partial charge >= 0.3 is 0 Å². The number of likely N-dealkylation sites (tertiary alicyclic amines) is 1. The molecule has 0 saturated carbocycles. The lowest BCUT2D eigenvalue weighted by Crippen LogP contribution is -2.27. The predicted molar refractivity (Wildman–Crippen MR) is 67.7 cm³/mol. The minimum Gasteiger partial charge on any atom is -0.398 e. The van der Waals surface area contributed by atoms with Crippen molar-refractivity contribution in [3.8, 4) is 0 Å². The van der Waals surface area contributed by atoms with Gasteiger partial charge in [0.1, 0.15) is 0 Å². The first-order chi connectivity index (χ1) is 8.24. The van der Waals surface area contributed by atoms with Crippen LogP contribution in [0, 0.1) is 0 Å². The molecule has 1 aliphatic heterocycles. The Morgan fingerprint density at radius 3 is 2.29 bits per heavy atom. The molecule has 1 heterocycles. The summed E-state index contributed by atoms with van der Waals surface area (Å²) < 4.78 is 10.8. The van der Waals surface area contributed by atoms with Crippen LogP contribution in [0.3, 0.4) is 0 Å². The van der Waals surface area contributed by atoms with Gasteiger partial charge in [-0.25, -0.2) is 0 Å². The van der Waals surface area contributed by atoms with Crippen LogP contribution in [-0.4, -0.2) is 44.4 Å². The molecule has 17 heavy (non-hydrogen) atoms. The van der Waals surface area contributed by atoms with Crippen molar-refractivity contribution >= 4 is 5.69 Å². The molecule has 2 atom stereocenters. The summed E-state index contributed by atoms with van der Waals surface area (Å²) in [7, 11) is 3.47. The van der Waals surface area contributed by atoms with Crippen LogP contribution in [0.1, 0.15) is 5.56 Å². The SMILES string of the molecule is COC1CN(Cc2ccccc2N)CC1OC. The molecule has 4 heteroatoms. The average molecular weight is 236 g/mol. The largest absolute Gasteiger partial charge is 0.398 e. The molecule has 2 N–H and O–H groups in total. The van der Waals surface area contributed by atoms with Gasteiger partial charge in [-0.2, -0.15) is 0 Å². The van der Waals surface area contributed by atoms with Crippen LogP contribution in [0.25, 0.3) is 0 Å². The summed E-state index contributed by atoms with van der Waals surface area (Å²) in [5, 5.41) is 0. The molecule has 0 aliphatic carbocycles. The van der Waals surface area contributed by atoms with E-state index in [0.29, 0.717) is 0 Å². The van der Waals surface area contributed by atoms with Crippen molar-refractivity contribution in [1.82, 2.24) is 4.90 Å². The number of anilines is 1. The molecule has 1 aromatic rings. The van der Waals surface area contributed by atoms with Crippen LogP contribution in [0.2, 0.25) is 0 Å². The number of para-hydroxylation sites is 1. The third kappa shape index (κ3) is 2.77. The minimum absolute atomic E-state index is 0.157. The second-order valence-electron chi connectivity index (χ2n) is 4.44. The highest BCUT2D eigenvalue weighted by atomic mass is 16.5. The van der Waals surface area contributed by atoms with E-state index in [-0.39, 0.29) is 12.2 Å². The first kappa shape index (κ1) is 12.4. The number of rotatable bonds is 4. The topological polar surface area (TPSA) is 47.7 Å². The molecule has 4 nitrogen and oxygen atoms in total. The number of ether oxygens (including phenoxy) is 2. The van der Waals surface area contributed by atoms with Crippen molar-refractivity contribution in [2.75, 3.05) is 33.0 Å². The summed E-state index contributed by atoms with van der Waals surface area (Å²) in [5.41, 5.74) is 7.96. The number of benzene rings is 1.